The Bertz CT molecular complexity index is 881. The molecule has 1 aromatic heterocycles. The fraction of sp³-hybridized carbons (Fsp3) is 0.360. The van der Waals surface area contributed by atoms with Crippen molar-refractivity contribution < 1.29 is 4.79 Å². The van der Waals surface area contributed by atoms with Gasteiger partial charge in [0.05, 0.1) is 11.1 Å². The number of rotatable bonds is 3. The van der Waals surface area contributed by atoms with Gasteiger partial charge in [-0.05, 0) is 36.5 Å². The van der Waals surface area contributed by atoms with Crippen molar-refractivity contribution in [3.05, 3.63) is 78.0 Å². The van der Waals surface area contributed by atoms with Gasteiger partial charge < -0.3 is 4.90 Å². The second-order valence-corrected chi connectivity index (χ2v) is 7.39. The predicted octanol–water partition coefficient (Wildman–Crippen LogP) is 6.06. The molecule has 0 saturated carbocycles. The number of unbranched alkanes of at least 4 members (excludes halogenated alkanes) is 1. The zero-order chi connectivity index (χ0) is 19.8. The number of hydrogen-bond acceptors (Lipinski definition) is 2. The van der Waals surface area contributed by atoms with Crippen LogP contribution in [0.4, 0.5) is 0 Å². The van der Waals surface area contributed by atoms with Gasteiger partial charge in [-0.15, -0.1) is 0 Å². The summed E-state index contributed by atoms with van der Waals surface area (Å²) in [6, 6.07) is 20.5. The first-order valence-electron chi connectivity index (χ1n) is 10.4. The number of fused-ring (bicyclic) bond motifs is 1. The van der Waals surface area contributed by atoms with E-state index in [0.717, 1.165) is 36.8 Å². The van der Waals surface area contributed by atoms with Crippen molar-refractivity contribution in [1.82, 2.24) is 9.88 Å². The van der Waals surface area contributed by atoms with Gasteiger partial charge in [-0.3, -0.25) is 9.78 Å². The highest BCUT2D eigenvalue weighted by atomic mass is 16.2. The Morgan fingerprint density at radius 1 is 0.964 bits per heavy atom. The fourth-order valence-electron chi connectivity index (χ4n) is 3.51. The second-order valence-electron chi connectivity index (χ2n) is 7.39. The van der Waals surface area contributed by atoms with Crippen molar-refractivity contribution in [1.29, 1.82) is 0 Å². The van der Waals surface area contributed by atoms with Gasteiger partial charge >= 0.3 is 0 Å². The van der Waals surface area contributed by atoms with Gasteiger partial charge in [-0.25, -0.2) is 0 Å². The number of piperidine rings is 1. The van der Waals surface area contributed by atoms with Gasteiger partial charge in [0.15, 0.2) is 0 Å². The third-order valence-corrected chi connectivity index (χ3v) is 5.39. The molecule has 3 heteroatoms. The summed E-state index contributed by atoms with van der Waals surface area (Å²) < 4.78 is 0. The summed E-state index contributed by atoms with van der Waals surface area (Å²) in [7, 11) is 0. The second kappa shape index (κ2) is 10.0. The first-order valence-corrected chi connectivity index (χ1v) is 10.4. The average Bonchev–Trinajstić information content (AvgIpc) is 2.79. The highest BCUT2D eigenvalue weighted by Crippen LogP contribution is 2.28. The maximum atomic E-state index is 12.8. The first-order chi connectivity index (χ1) is 13.7. The highest BCUT2D eigenvalue weighted by Gasteiger charge is 2.24. The summed E-state index contributed by atoms with van der Waals surface area (Å²) in [5.41, 5.74) is 3.00. The fourth-order valence-corrected chi connectivity index (χ4v) is 3.51. The maximum absolute atomic E-state index is 12.8. The number of benzene rings is 2. The summed E-state index contributed by atoms with van der Waals surface area (Å²) in [4.78, 5) is 19.1. The van der Waals surface area contributed by atoms with Gasteiger partial charge in [0.2, 0.25) is 0 Å². The van der Waals surface area contributed by atoms with E-state index in [-0.39, 0.29) is 5.91 Å². The minimum Gasteiger partial charge on any atom is -0.339 e. The Balaban J connectivity index is 0.000000516. The summed E-state index contributed by atoms with van der Waals surface area (Å²) in [5, 5.41) is 1.02. The van der Waals surface area contributed by atoms with Crippen LogP contribution < -0.4 is 0 Å². The molecule has 0 spiro atoms. The SMILES string of the molecule is CCCC.O=C(c1cnc2ccccc2c1)N1CCC(c2ccccc2)CC1. The molecular weight excluding hydrogens is 344 g/mol. The molecule has 1 aliphatic rings. The first kappa shape index (κ1) is 20.1. The Morgan fingerprint density at radius 3 is 2.29 bits per heavy atom. The van der Waals surface area contributed by atoms with Crippen LogP contribution in [-0.2, 0) is 0 Å². The Morgan fingerprint density at radius 2 is 1.61 bits per heavy atom. The molecule has 0 unspecified atom stereocenters. The Kier molecular flexibility index (Phi) is 7.18. The lowest BCUT2D eigenvalue weighted by Gasteiger charge is -2.32. The number of aromatic nitrogens is 1. The topological polar surface area (TPSA) is 33.2 Å². The molecule has 1 amide bonds. The van der Waals surface area contributed by atoms with Gasteiger partial charge in [-0.1, -0.05) is 75.2 Å². The van der Waals surface area contributed by atoms with Crippen LogP contribution in [0.15, 0.2) is 66.9 Å². The average molecular weight is 375 g/mol. The molecule has 28 heavy (non-hydrogen) atoms. The van der Waals surface area contributed by atoms with E-state index < -0.39 is 0 Å². The van der Waals surface area contributed by atoms with Crippen molar-refractivity contribution >= 4 is 16.8 Å². The lowest BCUT2D eigenvalue weighted by molar-refractivity contribution is 0.0713. The Labute approximate surface area is 168 Å². The molecule has 4 rings (SSSR count). The van der Waals surface area contributed by atoms with Crippen molar-refractivity contribution in [3.8, 4) is 0 Å². The third kappa shape index (κ3) is 4.98. The minimum absolute atomic E-state index is 0.0970. The maximum Gasteiger partial charge on any atom is 0.255 e. The van der Waals surface area contributed by atoms with Gasteiger partial charge in [-0.2, -0.15) is 0 Å². The molecule has 3 aromatic rings. The van der Waals surface area contributed by atoms with Crippen LogP contribution >= 0.6 is 0 Å². The molecule has 1 fully saturated rings. The minimum atomic E-state index is 0.0970. The smallest absolute Gasteiger partial charge is 0.255 e. The van der Waals surface area contributed by atoms with E-state index in [0.29, 0.717) is 11.5 Å². The quantitative estimate of drug-likeness (QED) is 0.558. The van der Waals surface area contributed by atoms with Crippen molar-refractivity contribution in [2.24, 2.45) is 0 Å². The molecule has 1 aliphatic heterocycles. The molecule has 146 valence electrons. The lowest BCUT2D eigenvalue weighted by Crippen LogP contribution is -2.37. The summed E-state index contributed by atoms with van der Waals surface area (Å²) >= 11 is 0. The number of hydrogen-bond donors (Lipinski definition) is 0. The molecule has 2 aromatic carbocycles. The van der Waals surface area contributed by atoms with Crippen molar-refractivity contribution in [2.45, 2.75) is 45.4 Å². The van der Waals surface area contributed by atoms with E-state index in [1.165, 1.54) is 18.4 Å². The molecule has 0 atom stereocenters. The van der Waals surface area contributed by atoms with E-state index in [2.05, 4.69) is 49.2 Å². The van der Waals surface area contributed by atoms with Crippen molar-refractivity contribution in [3.63, 3.8) is 0 Å². The monoisotopic (exact) mass is 374 g/mol. The van der Waals surface area contributed by atoms with Crippen LogP contribution in [0, 0.1) is 0 Å². The van der Waals surface area contributed by atoms with E-state index >= 15 is 0 Å². The zero-order valence-electron chi connectivity index (χ0n) is 17.0. The number of para-hydroxylation sites is 1. The molecule has 3 nitrogen and oxygen atoms in total. The number of pyridine rings is 1. The number of likely N-dealkylation sites (tertiary alicyclic amines) is 1. The van der Waals surface area contributed by atoms with E-state index in [4.69, 9.17) is 0 Å². The zero-order valence-corrected chi connectivity index (χ0v) is 17.0. The largest absolute Gasteiger partial charge is 0.339 e. The number of nitrogens with zero attached hydrogens (tertiary/aromatic N) is 2. The van der Waals surface area contributed by atoms with Crippen LogP contribution in [0.3, 0.4) is 0 Å². The third-order valence-electron chi connectivity index (χ3n) is 5.39. The van der Waals surface area contributed by atoms with Crippen LogP contribution in [0.2, 0.25) is 0 Å². The molecule has 1 saturated heterocycles. The standard InChI is InChI=1S/C21H20N2O.C4H10/c24-21(19-14-18-8-4-5-9-20(18)22-15-19)23-12-10-17(11-13-23)16-6-2-1-3-7-16;1-3-4-2/h1-9,14-15,17H,10-13H2;3-4H2,1-2H3. The van der Waals surface area contributed by atoms with Gasteiger partial charge in [0, 0.05) is 24.7 Å². The van der Waals surface area contributed by atoms with E-state index in [1.807, 2.05) is 35.2 Å². The van der Waals surface area contributed by atoms with Crippen LogP contribution in [0.1, 0.15) is 61.4 Å². The van der Waals surface area contributed by atoms with E-state index in [9.17, 15) is 4.79 Å². The molecule has 0 N–H and O–H groups in total. The number of carbonyl (C=O) groups is 1. The molecule has 0 radical (unpaired) electrons. The number of carbonyl (C=O) groups excluding carboxylic acids is 1. The van der Waals surface area contributed by atoms with Gasteiger partial charge in [0.25, 0.3) is 5.91 Å². The molecule has 0 bridgehead atoms. The Hall–Kier alpha value is -2.68. The summed E-state index contributed by atoms with van der Waals surface area (Å²) in [6.07, 6.45) is 6.39. The van der Waals surface area contributed by atoms with E-state index in [1.54, 1.807) is 6.20 Å². The van der Waals surface area contributed by atoms with Crippen LogP contribution in [0.25, 0.3) is 10.9 Å². The summed E-state index contributed by atoms with van der Waals surface area (Å²) in [5.74, 6) is 0.657. The molecule has 2 heterocycles. The van der Waals surface area contributed by atoms with Gasteiger partial charge in [0.1, 0.15) is 0 Å². The molecule has 0 aliphatic carbocycles. The molecular formula is C25H30N2O. The van der Waals surface area contributed by atoms with Crippen LogP contribution in [0.5, 0.6) is 0 Å². The normalized spacial score (nSPS) is 14.4. The highest BCUT2D eigenvalue weighted by molar-refractivity contribution is 5.97. The van der Waals surface area contributed by atoms with Crippen molar-refractivity contribution in [2.75, 3.05) is 13.1 Å². The predicted molar refractivity (Wildman–Crippen MR) is 117 cm³/mol. The number of amides is 1. The lowest BCUT2D eigenvalue weighted by atomic mass is 9.89. The summed E-state index contributed by atoms with van der Waals surface area (Å²) in [6.45, 7) is 5.98. The van der Waals surface area contributed by atoms with Crippen LogP contribution in [-0.4, -0.2) is 28.9 Å².